The monoisotopic (exact) mass is 273 g/mol. The summed E-state index contributed by atoms with van der Waals surface area (Å²) in [5.74, 6) is -0.349. The van der Waals surface area contributed by atoms with Gasteiger partial charge in [-0.15, -0.1) is 0 Å². The minimum absolute atomic E-state index is 0.266. The maximum absolute atomic E-state index is 12.2. The van der Waals surface area contributed by atoms with E-state index in [-0.39, 0.29) is 19.0 Å². The highest BCUT2D eigenvalue weighted by atomic mass is 19.4. The molecule has 0 bridgehead atoms. The second-order valence-electron chi connectivity index (χ2n) is 4.63. The van der Waals surface area contributed by atoms with Crippen molar-refractivity contribution in [3.05, 3.63) is 34.9 Å². The van der Waals surface area contributed by atoms with E-state index in [2.05, 4.69) is 0 Å². The number of alkyl halides is 3. The summed E-state index contributed by atoms with van der Waals surface area (Å²) in [5, 5.41) is 0. The van der Waals surface area contributed by atoms with Crippen LogP contribution in [0.2, 0.25) is 0 Å². The molecular formula is C14H18F3NO. The summed E-state index contributed by atoms with van der Waals surface area (Å²) >= 11 is 0. The molecular weight excluding hydrogens is 255 g/mol. The molecule has 0 aliphatic heterocycles. The first-order valence-electron chi connectivity index (χ1n) is 6.17. The molecule has 0 saturated heterocycles. The average molecular weight is 273 g/mol. The van der Waals surface area contributed by atoms with Crippen LogP contribution in [0.25, 0.3) is 0 Å². The molecule has 0 unspecified atom stereocenters. The minimum Gasteiger partial charge on any atom is -0.339 e. The zero-order valence-corrected chi connectivity index (χ0v) is 11.3. The van der Waals surface area contributed by atoms with E-state index in [1.807, 2.05) is 19.9 Å². The van der Waals surface area contributed by atoms with Gasteiger partial charge in [0.1, 0.15) is 0 Å². The van der Waals surface area contributed by atoms with Gasteiger partial charge in [-0.1, -0.05) is 17.2 Å². The molecule has 0 aliphatic rings. The molecule has 0 spiro atoms. The molecule has 1 rings (SSSR count). The van der Waals surface area contributed by atoms with Gasteiger partial charge >= 0.3 is 6.18 Å². The van der Waals surface area contributed by atoms with E-state index in [9.17, 15) is 18.0 Å². The molecule has 0 N–H and O–H groups in total. The summed E-state index contributed by atoms with van der Waals surface area (Å²) in [5.41, 5.74) is 2.30. The number of benzene rings is 1. The highest BCUT2D eigenvalue weighted by Gasteiger charge is 2.28. The van der Waals surface area contributed by atoms with E-state index in [0.29, 0.717) is 5.56 Å². The van der Waals surface area contributed by atoms with E-state index in [0.717, 1.165) is 11.1 Å². The molecule has 1 aromatic rings. The van der Waals surface area contributed by atoms with Gasteiger partial charge in [-0.05, 0) is 32.9 Å². The lowest BCUT2D eigenvalue weighted by molar-refractivity contribution is -0.136. The number of aryl methyl sites for hydroxylation is 2. The van der Waals surface area contributed by atoms with E-state index in [1.54, 1.807) is 19.1 Å². The Hall–Kier alpha value is -1.52. The molecule has 106 valence electrons. The van der Waals surface area contributed by atoms with Gasteiger partial charge < -0.3 is 4.90 Å². The maximum atomic E-state index is 12.2. The van der Waals surface area contributed by atoms with Crippen molar-refractivity contribution in [1.29, 1.82) is 0 Å². The third kappa shape index (κ3) is 4.93. The SMILES string of the molecule is CCN(CCC(F)(F)F)C(=O)c1cc(C)cc(C)c1. The lowest BCUT2D eigenvalue weighted by atomic mass is 10.1. The molecule has 19 heavy (non-hydrogen) atoms. The molecule has 0 radical (unpaired) electrons. The van der Waals surface area contributed by atoms with Gasteiger partial charge in [0, 0.05) is 18.7 Å². The number of carbonyl (C=O) groups excluding carboxylic acids is 1. The van der Waals surface area contributed by atoms with Gasteiger partial charge in [0.15, 0.2) is 0 Å². The Kier molecular flexibility index (Phi) is 4.97. The second-order valence-corrected chi connectivity index (χ2v) is 4.63. The van der Waals surface area contributed by atoms with Crippen LogP contribution in [0.15, 0.2) is 18.2 Å². The third-order valence-electron chi connectivity index (χ3n) is 2.80. The molecule has 0 saturated carbocycles. The van der Waals surface area contributed by atoms with Crippen LogP contribution in [-0.2, 0) is 0 Å². The van der Waals surface area contributed by atoms with E-state index in [1.165, 1.54) is 4.90 Å². The standard InChI is InChI=1S/C14H18F3NO/c1-4-18(6-5-14(15,16)17)13(19)12-8-10(2)7-11(3)9-12/h7-9H,4-6H2,1-3H3. The van der Waals surface area contributed by atoms with Crippen LogP contribution < -0.4 is 0 Å². The number of amides is 1. The molecule has 2 nitrogen and oxygen atoms in total. The number of nitrogens with zero attached hydrogens (tertiary/aromatic N) is 1. The van der Waals surface area contributed by atoms with Crippen LogP contribution in [-0.4, -0.2) is 30.1 Å². The largest absolute Gasteiger partial charge is 0.390 e. The fourth-order valence-corrected chi connectivity index (χ4v) is 1.95. The summed E-state index contributed by atoms with van der Waals surface area (Å²) in [4.78, 5) is 13.4. The number of halogens is 3. The van der Waals surface area contributed by atoms with Crippen molar-refractivity contribution in [3.8, 4) is 0 Å². The predicted molar refractivity (Wildman–Crippen MR) is 68.2 cm³/mol. The third-order valence-corrected chi connectivity index (χ3v) is 2.80. The fraction of sp³-hybridized carbons (Fsp3) is 0.500. The molecule has 1 amide bonds. The molecule has 1 aromatic carbocycles. The van der Waals surface area contributed by atoms with Crippen molar-refractivity contribution >= 4 is 5.91 Å². The van der Waals surface area contributed by atoms with Gasteiger partial charge in [0.2, 0.25) is 0 Å². The molecule has 0 fully saturated rings. The highest BCUT2D eigenvalue weighted by Crippen LogP contribution is 2.20. The van der Waals surface area contributed by atoms with Crippen molar-refractivity contribution in [2.75, 3.05) is 13.1 Å². The first-order valence-corrected chi connectivity index (χ1v) is 6.17. The first kappa shape index (κ1) is 15.5. The quantitative estimate of drug-likeness (QED) is 0.818. The van der Waals surface area contributed by atoms with E-state index < -0.39 is 12.6 Å². The van der Waals surface area contributed by atoms with Crippen molar-refractivity contribution in [3.63, 3.8) is 0 Å². The topological polar surface area (TPSA) is 20.3 Å². The van der Waals surface area contributed by atoms with Gasteiger partial charge in [0.05, 0.1) is 6.42 Å². The Labute approximate surface area is 111 Å². The van der Waals surface area contributed by atoms with Crippen LogP contribution in [0.5, 0.6) is 0 Å². The maximum Gasteiger partial charge on any atom is 0.390 e. The van der Waals surface area contributed by atoms with Crippen LogP contribution in [0.3, 0.4) is 0 Å². The molecule has 0 atom stereocenters. The van der Waals surface area contributed by atoms with Crippen LogP contribution in [0.4, 0.5) is 13.2 Å². The van der Waals surface area contributed by atoms with Crippen LogP contribution >= 0.6 is 0 Å². The Morgan fingerprint density at radius 3 is 2.11 bits per heavy atom. The van der Waals surface area contributed by atoms with E-state index in [4.69, 9.17) is 0 Å². The van der Waals surface area contributed by atoms with Crippen molar-refractivity contribution in [2.45, 2.75) is 33.4 Å². The lowest BCUT2D eigenvalue weighted by Crippen LogP contribution is -2.34. The highest BCUT2D eigenvalue weighted by molar-refractivity contribution is 5.94. The van der Waals surface area contributed by atoms with Crippen LogP contribution in [0.1, 0.15) is 34.8 Å². The summed E-state index contributed by atoms with van der Waals surface area (Å²) in [6.45, 7) is 5.36. The summed E-state index contributed by atoms with van der Waals surface area (Å²) in [6, 6.07) is 5.32. The zero-order valence-electron chi connectivity index (χ0n) is 11.3. The van der Waals surface area contributed by atoms with Crippen molar-refractivity contribution in [1.82, 2.24) is 4.90 Å². The Balaban J connectivity index is 2.83. The Bertz CT molecular complexity index is 434. The van der Waals surface area contributed by atoms with Gasteiger partial charge in [-0.2, -0.15) is 13.2 Å². The van der Waals surface area contributed by atoms with E-state index >= 15 is 0 Å². The zero-order chi connectivity index (χ0) is 14.6. The predicted octanol–water partition coefficient (Wildman–Crippen LogP) is 3.72. The normalized spacial score (nSPS) is 11.5. The van der Waals surface area contributed by atoms with Gasteiger partial charge in [-0.3, -0.25) is 4.79 Å². The fourth-order valence-electron chi connectivity index (χ4n) is 1.95. The minimum atomic E-state index is -4.24. The Morgan fingerprint density at radius 2 is 1.68 bits per heavy atom. The molecule has 0 aromatic heterocycles. The Morgan fingerprint density at radius 1 is 1.16 bits per heavy atom. The first-order chi connectivity index (χ1) is 8.73. The summed E-state index contributed by atoms with van der Waals surface area (Å²) in [7, 11) is 0. The van der Waals surface area contributed by atoms with Gasteiger partial charge in [-0.25, -0.2) is 0 Å². The van der Waals surface area contributed by atoms with Crippen molar-refractivity contribution in [2.24, 2.45) is 0 Å². The number of carbonyl (C=O) groups is 1. The molecule has 0 heterocycles. The number of hydrogen-bond acceptors (Lipinski definition) is 1. The molecule has 0 aliphatic carbocycles. The summed E-state index contributed by atoms with van der Waals surface area (Å²) in [6.07, 6.45) is -5.21. The number of hydrogen-bond donors (Lipinski definition) is 0. The second kappa shape index (κ2) is 6.08. The summed E-state index contributed by atoms with van der Waals surface area (Å²) < 4.78 is 36.6. The lowest BCUT2D eigenvalue weighted by Gasteiger charge is -2.22. The number of rotatable bonds is 4. The van der Waals surface area contributed by atoms with Gasteiger partial charge in [0.25, 0.3) is 5.91 Å². The smallest absolute Gasteiger partial charge is 0.339 e. The van der Waals surface area contributed by atoms with Crippen LogP contribution in [0, 0.1) is 13.8 Å². The molecule has 5 heteroatoms. The average Bonchev–Trinajstić information content (AvgIpc) is 2.26. The van der Waals surface area contributed by atoms with Crippen molar-refractivity contribution < 1.29 is 18.0 Å².